The van der Waals surface area contributed by atoms with Crippen LogP contribution in [-0.2, 0) is 19.5 Å². The van der Waals surface area contributed by atoms with Crippen LogP contribution in [0, 0.1) is 0 Å². The maximum absolute atomic E-state index is 2.24. The van der Waals surface area contributed by atoms with Crippen LogP contribution in [-0.4, -0.2) is 0 Å². The normalized spacial score (nSPS) is 12.6. The zero-order valence-corrected chi connectivity index (χ0v) is 12.2. The molecule has 0 heterocycles. The van der Waals surface area contributed by atoms with Gasteiger partial charge in [0.15, 0.2) is 0 Å². The van der Waals surface area contributed by atoms with Crippen molar-refractivity contribution in [3.05, 3.63) is 47.1 Å². The molecule has 0 aliphatic heterocycles. The summed E-state index contributed by atoms with van der Waals surface area (Å²) in [6, 6.07) is 0. The third kappa shape index (κ3) is 9.88. The van der Waals surface area contributed by atoms with Crippen molar-refractivity contribution in [2.45, 2.75) is 41.0 Å². The van der Waals surface area contributed by atoms with Gasteiger partial charge in [-0.15, -0.1) is 0 Å². The third-order valence-electron chi connectivity index (χ3n) is 1.84. The predicted molar refractivity (Wildman–Crippen MR) is 66.4 cm³/mol. The molecule has 0 aromatic carbocycles. The maximum atomic E-state index is 2.24. The molecule has 0 radical (unpaired) electrons. The van der Waals surface area contributed by atoms with Crippen molar-refractivity contribution in [3.8, 4) is 0 Å². The van der Waals surface area contributed by atoms with E-state index < -0.39 is 0 Å². The Kier molecular flexibility index (Phi) is 11.5. The van der Waals surface area contributed by atoms with Crippen molar-refractivity contribution in [3.63, 3.8) is 0 Å². The first-order valence-corrected chi connectivity index (χ1v) is 5.25. The van der Waals surface area contributed by atoms with Gasteiger partial charge >= 0.3 is 0 Å². The average molecular weight is 291 g/mol. The molecule has 86 valence electrons. The molecule has 0 atom stereocenters. The van der Waals surface area contributed by atoms with Gasteiger partial charge in [0.25, 0.3) is 0 Å². The van der Waals surface area contributed by atoms with Crippen molar-refractivity contribution in [2.24, 2.45) is 0 Å². The first-order chi connectivity index (χ1) is 6.60. The van der Waals surface area contributed by atoms with Gasteiger partial charge in [-0.25, -0.2) is 0 Å². The van der Waals surface area contributed by atoms with Crippen molar-refractivity contribution >= 4 is 0 Å². The zero-order chi connectivity index (χ0) is 11.0. The van der Waals surface area contributed by atoms with Gasteiger partial charge in [0.05, 0.1) is 0 Å². The van der Waals surface area contributed by atoms with Gasteiger partial charge in [0, 0.05) is 19.5 Å². The Morgan fingerprint density at radius 1 is 1.07 bits per heavy atom. The Bertz CT molecular complexity index is 274. The zero-order valence-electron chi connectivity index (χ0n) is 10.4. The fourth-order valence-electron chi connectivity index (χ4n) is 1.28. The maximum Gasteiger partial charge on any atom is 0 e. The van der Waals surface area contributed by atoms with Crippen LogP contribution in [0.25, 0.3) is 0 Å². The molecule has 0 saturated heterocycles. The topological polar surface area (TPSA) is 0 Å². The summed E-state index contributed by atoms with van der Waals surface area (Å²) in [5, 5.41) is 0. The van der Waals surface area contributed by atoms with E-state index in [1.165, 1.54) is 16.7 Å². The summed E-state index contributed by atoms with van der Waals surface area (Å²) in [6.07, 6.45) is 11.8. The number of allylic oxidation sites excluding steroid dienone is 8. The van der Waals surface area contributed by atoms with E-state index >= 15 is 0 Å². The number of rotatable bonds is 4. The van der Waals surface area contributed by atoms with Crippen LogP contribution in [0.2, 0.25) is 0 Å². The second kappa shape index (κ2) is 10.1. The molecule has 0 saturated carbocycles. The molecule has 15 heavy (non-hydrogen) atoms. The van der Waals surface area contributed by atoms with Crippen LogP contribution in [0.1, 0.15) is 41.0 Å². The summed E-state index contributed by atoms with van der Waals surface area (Å²) in [4.78, 5) is 0. The summed E-state index contributed by atoms with van der Waals surface area (Å²) in [5.74, 6) is 0. The summed E-state index contributed by atoms with van der Waals surface area (Å²) < 4.78 is 0. The van der Waals surface area contributed by atoms with E-state index in [1.54, 1.807) is 0 Å². The molecule has 0 aliphatic carbocycles. The van der Waals surface area contributed by atoms with E-state index in [4.69, 9.17) is 0 Å². The van der Waals surface area contributed by atoms with E-state index in [2.05, 4.69) is 58.1 Å². The number of hydrogen-bond acceptors (Lipinski definition) is 0. The molecule has 1 heteroatoms. The molecule has 0 N–H and O–H groups in total. The van der Waals surface area contributed by atoms with Gasteiger partial charge < -0.3 is 0 Å². The van der Waals surface area contributed by atoms with Gasteiger partial charge in [-0.3, -0.25) is 0 Å². The molecule has 0 amide bonds. The quantitative estimate of drug-likeness (QED) is 0.515. The molecule has 0 unspecified atom stereocenters. The van der Waals surface area contributed by atoms with Gasteiger partial charge in [0.2, 0.25) is 0 Å². The first kappa shape index (κ1) is 17.0. The Morgan fingerprint density at radius 2 is 1.67 bits per heavy atom. The second-order valence-electron chi connectivity index (χ2n) is 3.73. The molecule has 0 bridgehead atoms. The van der Waals surface area contributed by atoms with Gasteiger partial charge in [-0.05, 0) is 39.7 Å². The minimum Gasteiger partial charge on any atom is -0.0877 e. The molecule has 0 rings (SSSR count). The monoisotopic (exact) mass is 292 g/mol. The Balaban J connectivity index is 0. The standard InChI is InChI=1S/C14H22.Ru/c1-6-8-9-14(7-2)11-13(5)10-12(3)4;/h6,8-11H,7H2,1-5H3;. The molecule has 0 aliphatic rings. The van der Waals surface area contributed by atoms with Crippen molar-refractivity contribution in [1.29, 1.82) is 0 Å². The van der Waals surface area contributed by atoms with Crippen LogP contribution in [0.5, 0.6) is 0 Å². The van der Waals surface area contributed by atoms with E-state index in [0.717, 1.165) is 6.42 Å². The summed E-state index contributed by atoms with van der Waals surface area (Å²) in [7, 11) is 0. The van der Waals surface area contributed by atoms with Gasteiger partial charge in [-0.2, -0.15) is 0 Å². The van der Waals surface area contributed by atoms with E-state index in [0.29, 0.717) is 0 Å². The molecular weight excluding hydrogens is 269 g/mol. The Morgan fingerprint density at radius 3 is 2.07 bits per heavy atom. The van der Waals surface area contributed by atoms with Crippen molar-refractivity contribution in [1.82, 2.24) is 0 Å². The fraction of sp³-hybridized carbons (Fsp3) is 0.429. The van der Waals surface area contributed by atoms with E-state index in [-0.39, 0.29) is 19.5 Å². The van der Waals surface area contributed by atoms with Crippen LogP contribution in [0.4, 0.5) is 0 Å². The largest absolute Gasteiger partial charge is 0.0877 e. The molecule has 0 spiro atoms. The fourth-order valence-corrected chi connectivity index (χ4v) is 1.28. The molecule has 0 aromatic rings. The van der Waals surface area contributed by atoms with Crippen LogP contribution >= 0.6 is 0 Å². The van der Waals surface area contributed by atoms with Gasteiger partial charge in [0.1, 0.15) is 0 Å². The molecule has 0 nitrogen and oxygen atoms in total. The van der Waals surface area contributed by atoms with Crippen LogP contribution < -0.4 is 0 Å². The molecule has 0 fully saturated rings. The van der Waals surface area contributed by atoms with Gasteiger partial charge in [-0.1, -0.05) is 48.5 Å². The average Bonchev–Trinajstić information content (AvgIpc) is 2.10. The number of hydrogen-bond donors (Lipinski definition) is 0. The minimum absolute atomic E-state index is 0. The second-order valence-corrected chi connectivity index (χ2v) is 3.73. The van der Waals surface area contributed by atoms with Crippen LogP contribution in [0.3, 0.4) is 0 Å². The minimum atomic E-state index is 0. The van der Waals surface area contributed by atoms with E-state index in [1.807, 2.05) is 6.92 Å². The summed E-state index contributed by atoms with van der Waals surface area (Å²) in [6.45, 7) is 10.6. The smallest absolute Gasteiger partial charge is 0 e. The molecular formula is C14H22Ru. The third-order valence-corrected chi connectivity index (χ3v) is 1.84. The van der Waals surface area contributed by atoms with Crippen molar-refractivity contribution < 1.29 is 19.5 Å². The summed E-state index contributed by atoms with van der Waals surface area (Å²) >= 11 is 0. The molecule has 0 aromatic heterocycles. The Hall–Kier alpha value is -0.417. The Labute approximate surface area is 108 Å². The van der Waals surface area contributed by atoms with Crippen molar-refractivity contribution in [2.75, 3.05) is 0 Å². The first-order valence-electron chi connectivity index (χ1n) is 5.25. The predicted octanol–water partition coefficient (Wildman–Crippen LogP) is 4.81. The van der Waals surface area contributed by atoms with E-state index in [9.17, 15) is 0 Å². The summed E-state index contributed by atoms with van der Waals surface area (Å²) in [5.41, 5.74) is 4.04. The SMILES string of the molecule is CC=CC=C(C=C(C)C=C(C)C)CC.[Ru]. The van der Waals surface area contributed by atoms with Crippen LogP contribution in [0.15, 0.2) is 47.1 Å².